The maximum atomic E-state index is 6.10. The third-order valence-corrected chi connectivity index (χ3v) is 3.96. The first-order valence-electron chi connectivity index (χ1n) is 8.04. The molecule has 0 heterocycles. The van der Waals surface area contributed by atoms with E-state index in [4.69, 9.17) is 9.47 Å². The van der Waals surface area contributed by atoms with Crippen molar-refractivity contribution >= 4 is 11.9 Å². The summed E-state index contributed by atoms with van der Waals surface area (Å²) in [5.74, 6) is 1.56. The molecule has 4 heteroatoms. The SMILES string of the molecule is COc1ccc(/C=N/Nc2ccccc2)cc1OC1CCCC1. The minimum Gasteiger partial charge on any atom is -0.493 e. The van der Waals surface area contributed by atoms with Crippen molar-refractivity contribution < 1.29 is 9.47 Å². The van der Waals surface area contributed by atoms with E-state index < -0.39 is 0 Å². The second-order valence-corrected chi connectivity index (χ2v) is 5.67. The molecular formula is C19H22N2O2. The average molecular weight is 310 g/mol. The molecule has 1 fully saturated rings. The molecular weight excluding hydrogens is 288 g/mol. The van der Waals surface area contributed by atoms with Gasteiger partial charge in [0.25, 0.3) is 0 Å². The molecule has 1 aliphatic carbocycles. The first kappa shape index (κ1) is 15.4. The van der Waals surface area contributed by atoms with Crippen molar-refractivity contribution in [2.24, 2.45) is 5.10 Å². The Morgan fingerprint density at radius 1 is 1.04 bits per heavy atom. The Kier molecular flexibility index (Phi) is 5.14. The third-order valence-electron chi connectivity index (χ3n) is 3.96. The molecule has 3 rings (SSSR count). The van der Waals surface area contributed by atoms with E-state index >= 15 is 0 Å². The van der Waals surface area contributed by atoms with E-state index in [2.05, 4.69) is 10.5 Å². The Morgan fingerprint density at radius 3 is 2.57 bits per heavy atom. The molecule has 1 aliphatic rings. The molecule has 0 spiro atoms. The normalized spacial score (nSPS) is 15.0. The number of methoxy groups -OCH3 is 1. The Hall–Kier alpha value is -2.49. The van der Waals surface area contributed by atoms with E-state index in [9.17, 15) is 0 Å². The summed E-state index contributed by atoms with van der Waals surface area (Å²) in [6, 6.07) is 15.7. The lowest BCUT2D eigenvalue weighted by atomic mass is 10.2. The zero-order valence-corrected chi connectivity index (χ0v) is 13.4. The first-order valence-corrected chi connectivity index (χ1v) is 8.04. The van der Waals surface area contributed by atoms with Crippen LogP contribution in [0.2, 0.25) is 0 Å². The second kappa shape index (κ2) is 7.68. The van der Waals surface area contributed by atoms with Crippen LogP contribution >= 0.6 is 0 Å². The van der Waals surface area contributed by atoms with Crippen LogP contribution in [0.4, 0.5) is 5.69 Å². The van der Waals surface area contributed by atoms with Gasteiger partial charge in [0.2, 0.25) is 0 Å². The number of hydrogen-bond donors (Lipinski definition) is 1. The fourth-order valence-electron chi connectivity index (χ4n) is 2.75. The number of hydrazone groups is 1. The lowest BCUT2D eigenvalue weighted by Gasteiger charge is -2.16. The molecule has 2 aromatic rings. The quantitative estimate of drug-likeness (QED) is 0.632. The van der Waals surface area contributed by atoms with E-state index in [0.717, 1.165) is 35.6 Å². The molecule has 0 saturated heterocycles. The zero-order valence-electron chi connectivity index (χ0n) is 13.4. The number of ether oxygens (including phenoxy) is 2. The van der Waals surface area contributed by atoms with Gasteiger partial charge in [-0.1, -0.05) is 18.2 Å². The van der Waals surface area contributed by atoms with Gasteiger partial charge in [0, 0.05) is 0 Å². The van der Waals surface area contributed by atoms with Gasteiger partial charge in [-0.05, 0) is 61.6 Å². The van der Waals surface area contributed by atoms with E-state index in [1.165, 1.54) is 12.8 Å². The van der Waals surface area contributed by atoms with Crippen molar-refractivity contribution in [2.75, 3.05) is 12.5 Å². The van der Waals surface area contributed by atoms with Crippen LogP contribution in [0.1, 0.15) is 31.2 Å². The molecule has 4 nitrogen and oxygen atoms in total. The summed E-state index contributed by atoms with van der Waals surface area (Å²) in [4.78, 5) is 0. The van der Waals surface area contributed by atoms with Crippen LogP contribution in [0.5, 0.6) is 11.5 Å². The first-order chi connectivity index (χ1) is 11.3. The maximum Gasteiger partial charge on any atom is 0.162 e. The van der Waals surface area contributed by atoms with Crippen LogP contribution in [0.25, 0.3) is 0 Å². The van der Waals surface area contributed by atoms with Crippen LogP contribution < -0.4 is 14.9 Å². The minimum absolute atomic E-state index is 0.304. The monoisotopic (exact) mass is 310 g/mol. The van der Waals surface area contributed by atoms with Gasteiger partial charge >= 0.3 is 0 Å². The summed E-state index contributed by atoms with van der Waals surface area (Å²) in [7, 11) is 1.67. The molecule has 0 amide bonds. The Balaban J connectivity index is 1.69. The van der Waals surface area contributed by atoms with Crippen LogP contribution in [0.3, 0.4) is 0 Å². The number of anilines is 1. The number of benzene rings is 2. The highest BCUT2D eigenvalue weighted by atomic mass is 16.5. The van der Waals surface area contributed by atoms with Gasteiger partial charge in [-0.15, -0.1) is 0 Å². The van der Waals surface area contributed by atoms with E-state index in [-0.39, 0.29) is 0 Å². The Morgan fingerprint density at radius 2 is 1.83 bits per heavy atom. The molecule has 0 radical (unpaired) electrons. The van der Waals surface area contributed by atoms with Gasteiger partial charge in [-0.25, -0.2) is 0 Å². The summed E-state index contributed by atoms with van der Waals surface area (Å²) in [5, 5.41) is 4.27. The van der Waals surface area contributed by atoms with Gasteiger partial charge < -0.3 is 9.47 Å². The molecule has 2 aromatic carbocycles. The topological polar surface area (TPSA) is 42.8 Å². The number of rotatable bonds is 6. The number of nitrogens with zero attached hydrogens (tertiary/aromatic N) is 1. The van der Waals surface area contributed by atoms with Gasteiger partial charge in [0.05, 0.1) is 25.1 Å². The summed E-state index contributed by atoms with van der Waals surface area (Å²) in [5.41, 5.74) is 4.94. The molecule has 120 valence electrons. The maximum absolute atomic E-state index is 6.10. The molecule has 0 aliphatic heterocycles. The van der Waals surface area contributed by atoms with Crippen molar-refractivity contribution in [1.82, 2.24) is 0 Å². The highest BCUT2D eigenvalue weighted by Gasteiger charge is 2.18. The number of nitrogens with one attached hydrogen (secondary N) is 1. The lowest BCUT2D eigenvalue weighted by Crippen LogP contribution is -2.11. The summed E-state index contributed by atoms with van der Waals surface area (Å²) < 4.78 is 11.5. The molecule has 0 unspecified atom stereocenters. The molecule has 0 bridgehead atoms. The van der Waals surface area contributed by atoms with Crippen molar-refractivity contribution in [3.8, 4) is 11.5 Å². The van der Waals surface area contributed by atoms with Crippen LogP contribution in [-0.4, -0.2) is 19.4 Å². The fraction of sp³-hybridized carbons (Fsp3) is 0.316. The van der Waals surface area contributed by atoms with Gasteiger partial charge in [-0.2, -0.15) is 5.10 Å². The average Bonchev–Trinajstić information content (AvgIpc) is 3.09. The van der Waals surface area contributed by atoms with Crippen molar-refractivity contribution in [3.05, 3.63) is 54.1 Å². The highest BCUT2D eigenvalue weighted by Crippen LogP contribution is 2.32. The van der Waals surface area contributed by atoms with Crippen molar-refractivity contribution in [2.45, 2.75) is 31.8 Å². The summed E-state index contributed by atoms with van der Waals surface area (Å²) >= 11 is 0. The van der Waals surface area contributed by atoms with Gasteiger partial charge in [0.15, 0.2) is 11.5 Å². The smallest absolute Gasteiger partial charge is 0.162 e. The van der Waals surface area contributed by atoms with Crippen LogP contribution in [0.15, 0.2) is 53.6 Å². The van der Waals surface area contributed by atoms with E-state index in [0.29, 0.717) is 6.10 Å². The van der Waals surface area contributed by atoms with E-state index in [1.807, 2.05) is 48.5 Å². The van der Waals surface area contributed by atoms with Gasteiger partial charge in [-0.3, -0.25) is 5.43 Å². The Labute approximate surface area is 137 Å². The predicted molar refractivity (Wildman–Crippen MR) is 93.5 cm³/mol. The zero-order chi connectivity index (χ0) is 15.9. The third kappa shape index (κ3) is 4.25. The standard InChI is InChI=1S/C19H22N2O2/c1-22-18-12-11-15(13-19(18)23-17-9-5-6-10-17)14-20-21-16-7-3-2-4-8-16/h2-4,7-8,11-14,17,21H,5-6,9-10H2,1H3/b20-14+. The van der Waals surface area contributed by atoms with Gasteiger partial charge in [0.1, 0.15) is 0 Å². The molecule has 0 atom stereocenters. The van der Waals surface area contributed by atoms with Crippen LogP contribution in [-0.2, 0) is 0 Å². The van der Waals surface area contributed by atoms with Crippen molar-refractivity contribution in [1.29, 1.82) is 0 Å². The largest absolute Gasteiger partial charge is 0.493 e. The highest BCUT2D eigenvalue weighted by molar-refractivity contribution is 5.81. The van der Waals surface area contributed by atoms with Crippen molar-refractivity contribution in [3.63, 3.8) is 0 Å². The summed E-state index contributed by atoms with van der Waals surface area (Å²) in [6.07, 6.45) is 6.82. The molecule has 1 saturated carbocycles. The number of para-hydroxylation sites is 1. The van der Waals surface area contributed by atoms with Crippen LogP contribution in [0, 0.1) is 0 Å². The Bertz CT molecular complexity index is 650. The molecule has 1 N–H and O–H groups in total. The molecule has 0 aromatic heterocycles. The second-order valence-electron chi connectivity index (χ2n) is 5.67. The minimum atomic E-state index is 0.304. The predicted octanol–water partition coefficient (Wildman–Crippen LogP) is 4.46. The fourth-order valence-corrected chi connectivity index (χ4v) is 2.75. The lowest BCUT2D eigenvalue weighted by molar-refractivity contribution is 0.201. The van der Waals surface area contributed by atoms with E-state index in [1.54, 1.807) is 13.3 Å². The summed E-state index contributed by atoms with van der Waals surface area (Å²) in [6.45, 7) is 0. The molecule has 23 heavy (non-hydrogen) atoms. The number of hydrogen-bond acceptors (Lipinski definition) is 4.